The molecule has 0 spiro atoms. The standard InChI is InChI=1S/C12H14ClNO3S/c1-18-7-6-10(12(16)17)14-11(15)8-4-2-3-5-9(8)13/h2-5,10H,6-7H2,1H3,(H,14,15)(H,16,17)/t10-/m1/s1. The second kappa shape index (κ2) is 7.28. The van der Waals surface area contributed by atoms with E-state index in [1.807, 2.05) is 6.26 Å². The Balaban J connectivity index is 2.72. The molecule has 0 aliphatic carbocycles. The number of halogens is 1. The van der Waals surface area contributed by atoms with E-state index in [0.717, 1.165) is 0 Å². The Morgan fingerprint density at radius 3 is 2.67 bits per heavy atom. The Hall–Kier alpha value is -1.20. The molecular weight excluding hydrogens is 274 g/mol. The van der Waals surface area contributed by atoms with Gasteiger partial charge in [-0.3, -0.25) is 4.79 Å². The number of aliphatic carboxylic acids is 1. The predicted molar refractivity (Wildman–Crippen MR) is 73.3 cm³/mol. The molecule has 0 saturated carbocycles. The van der Waals surface area contributed by atoms with E-state index in [2.05, 4.69) is 5.32 Å². The second-order valence-electron chi connectivity index (χ2n) is 3.63. The summed E-state index contributed by atoms with van der Waals surface area (Å²) < 4.78 is 0. The molecule has 0 radical (unpaired) electrons. The van der Waals surface area contributed by atoms with Crippen LogP contribution in [0.15, 0.2) is 24.3 Å². The summed E-state index contributed by atoms with van der Waals surface area (Å²) in [5.74, 6) is -0.835. The SMILES string of the molecule is CSCC[C@@H](NC(=O)c1ccccc1Cl)C(=O)O. The van der Waals surface area contributed by atoms with Crippen LogP contribution in [-0.4, -0.2) is 35.0 Å². The maximum Gasteiger partial charge on any atom is 0.326 e. The lowest BCUT2D eigenvalue weighted by atomic mass is 10.1. The first-order valence-corrected chi connectivity index (χ1v) is 7.10. The van der Waals surface area contributed by atoms with Crippen LogP contribution in [0.1, 0.15) is 16.8 Å². The summed E-state index contributed by atoms with van der Waals surface area (Å²) >= 11 is 7.41. The fourth-order valence-corrected chi connectivity index (χ4v) is 2.07. The van der Waals surface area contributed by atoms with Crippen molar-refractivity contribution in [3.63, 3.8) is 0 Å². The van der Waals surface area contributed by atoms with Crippen LogP contribution in [0, 0.1) is 0 Å². The molecule has 0 saturated heterocycles. The van der Waals surface area contributed by atoms with Crippen molar-refractivity contribution in [1.82, 2.24) is 5.32 Å². The second-order valence-corrected chi connectivity index (χ2v) is 5.02. The summed E-state index contributed by atoms with van der Waals surface area (Å²) in [6.45, 7) is 0. The van der Waals surface area contributed by atoms with Crippen molar-refractivity contribution >= 4 is 35.2 Å². The number of thioether (sulfide) groups is 1. The smallest absolute Gasteiger partial charge is 0.326 e. The van der Waals surface area contributed by atoms with Crippen LogP contribution in [0.25, 0.3) is 0 Å². The number of carboxylic acids is 1. The number of carbonyl (C=O) groups is 2. The quantitative estimate of drug-likeness (QED) is 0.842. The molecule has 1 amide bonds. The first-order chi connectivity index (χ1) is 8.56. The topological polar surface area (TPSA) is 66.4 Å². The number of amides is 1. The molecule has 2 N–H and O–H groups in total. The van der Waals surface area contributed by atoms with E-state index in [0.29, 0.717) is 17.2 Å². The van der Waals surface area contributed by atoms with E-state index in [1.165, 1.54) is 11.8 Å². The largest absolute Gasteiger partial charge is 0.480 e. The molecule has 0 heterocycles. The number of hydrogen-bond donors (Lipinski definition) is 2. The maximum absolute atomic E-state index is 11.9. The predicted octanol–water partition coefficient (Wildman–Crippen LogP) is 2.28. The molecule has 0 unspecified atom stereocenters. The van der Waals surface area contributed by atoms with Gasteiger partial charge in [0.2, 0.25) is 0 Å². The molecule has 0 bridgehead atoms. The van der Waals surface area contributed by atoms with Gasteiger partial charge >= 0.3 is 5.97 Å². The van der Waals surface area contributed by atoms with Crippen molar-refractivity contribution in [2.24, 2.45) is 0 Å². The number of benzene rings is 1. The number of rotatable bonds is 6. The highest BCUT2D eigenvalue weighted by Crippen LogP contribution is 2.15. The van der Waals surface area contributed by atoms with Crippen molar-refractivity contribution in [1.29, 1.82) is 0 Å². The minimum atomic E-state index is -1.04. The minimum absolute atomic E-state index is 0.287. The van der Waals surface area contributed by atoms with Crippen molar-refractivity contribution in [3.05, 3.63) is 34.9 Å². The van der Waals surface area contributed by atoms with Crippen molar-refractivity contribution in [3.8, 4) is 0 Å². The molecule has 1 aromatic carbocycles. The van der Waals surface area contributed by atoms with Gasteiger partial charge in [-0.2, -0.15) is 11.8 Å². The van der Waals surface area contributed by atoms with Crippen LogP contribution >= 0.6 is 23.4 Å². The third kappa shape index (κ3) is 4.23. The van der Waals surface area contributed by atoms with Crippen LogP contribution in [0.3, 0.4) is 0 Å². The molecule has 0 fully saturated rings. The minimum Gasteiger partial charge on any atom is -0.480 e. The lowest BCUT2D eigenvalue weighted by Crippen LogP contribution is -2.41. The molecule has 0 aromatic heterocycles. The fraction of sp³-hybridized carbons (Fsp3) is 0.333. The fourth-order valence-electron chi connectivity index (χ4n) is 1.37. The summed E-state index contributed by atoms with van der Waals surface area (Å²) in [5, 5.41) is 11.8. The first-order valence-electron chi connectivity index (χ1n) is 5.33. The van der Waals surface area contributed by atoms with Gasteiger partial charge in [0, 0.05) is 0 Å². The molecule has 0 aliphatic heterocycles. The van der Waals surface area contributed by atoms with Crippen molar-refractivity contribution in [2.75, 3.05) is 12.0 Å². The van der Waals surface area contributed by atoms with E-state index in [-0.39, 0.29) is 5.56 Å². The van der Waals surface area contributed by atoms with E-state index in [1.54, 1.807) is 24.3 Å². The van der Waals surface area contributed by atoms with Gasteiger partial charge in [-0.1, -0.05) is 23.7 Å². The summed E-state index contributed by atoms with van der Waals surface area (Å²) in [7, 11) is 0. The molecule has 1 atom stereocenters. The highest BCUT2D eigenvalue weighted by molar-refractivity contribution is 7.98. The molecule has 4 nitrogen and oxygen atoms in total. The Morgan fingerprint density at radius 1 is 1.44 bits per heavy atom. The van der Waals surface area contributed by atoms with Gasteiger partial charge < -0.3 is 10.4 Å². The zero-order valence-corrected chi connectivity index (χ0v) is 11.4. The molecule has 6 heteroatoms. The third-order valence-electron chi connectivity index (χ3n) is 2.33. The van der Waals surface area contributed by atoms with Crippen molar-refractivity contribution < 1.29 is 14.7 Å². The van der Waals surface area contributed by atoms with Gasteiger partial charge in [0.15, 0.2) is 0 Å². The zero-order chi connectivity index (χ0) is 13.5. The lowest BCUT2D eigenvalue weighted by Gasteiger charge is -2.14. The summed E-state index contributed by atoms with van der Waals surface area (Å²) in [5.41, 5.74) is 0.287. The maximum atomic E-state index is 11.9. The number of carboxylic acid groups (broad SMARTS) is 1. The average molecular weight is 288 g/mol. The van der Waals surface area contributed by atoms with Crippen LogP contribution in [0.5, 0.6) is 0 Å². The van der Waals surface area contributed by atoms with E-state index in [4.69, 9.17) is 16.7 Å². The van der Waals surface area contributed by atoms with Crippen LogP contribution < -0.4 is 5.32 Å². The highest BCUT2D eigenvalue weighted by Gasteiger charge is 2.21. The van der Waals surface area contributed by atoms with Gasteiger partial charge in [-0.15, -0.1) is 0 Å². The van der Waals surface area contributed by atoms with Gasteiger partial charge in [-0.25, -0.2) is 4.79 Å². The first kappa shape index (κ1) is 14.9. The van der Waals surface area contributed by atoms with Crippen molar-refractivity contribution in [2.45, 2.75) is 12.5 Å². The lowest BCUT2D eigenvalue weighted by molar-refractivity contribution is -0.139. The number of carbonyl (C=O) groups excluding carboxylic acids is 1. The number of nitrogens with one attached hydrogen (secondary N) is 1. The normalized spacial score (nSPS) is 11.9. The Bertz CT molecular complexity index is 439. The van der Waals surface area contributed by atoms with E-state index in [9.17, 15) is 9.59 Å². The number of hydrogen-bond acceptors (Lipinski definition) is 3. The molecule has 98 valence electrons. The summed E-state index contributed by atoms with van der Waals surface area (Å²) in [4.78, 5) is 22.9. The summed E-state index contributed by atoms with van der Waals surface area (Å²) in [6.07, 6.45) is 2.27. The van der Waals surface area contributed by atoms with Gasteiger partial charge in [-0.05, 0) is 30.6 Å². The highest BCUT2D eigenvalue weighted by atomic mass is 35.5. The zero-order valence-electron chi connectivity index (χ0n) is 9.85. The molecule has 1 rings (SSSR count). The third-order valence-corrected chi connectivity index (χ3v) is 3.31. The average Bonchev–Trinajstić information content (AvgIpc) is 2.34. The molecular formula is C12H14ClNO3S. The van der Waals surface area contributed by atoms with Crippen LogP contribution in [-0.2, 0) is 4.79 Å². The molecule has 1 aromatic rings. The summed E-state index contributed by atoms with van der Waals surface area (Å²) in [6, 6.07) is 5.65. The van der Waals surface area contributed by atoms with E-state index < -0.39 is 17.9 Å². The molecule has 0 aliphatic rings. The Labute approximate surface area is 115 Å². The van der Waals surface area contributed by atoms with Gasteiger partial charge in [0.05, 0.1) is 10.6 Å². The Kier molecular flexibility index (Phi) is 6.01. The van der Waals surface area contributed by atoms with Gasteiger partial charge in [0.25, 0.3) is 5.91 Å². The monoisotopic (exact) mass is 287 g/mol. The van der Waals surface area contributed by atoms with Crippen LogP contribution in [0.2, 0.25) is 5.02 Å². The van der Waals surface area contributed by atoms with E-state index >= 15 is 0 Å². The van der Waals surface area contributed by atoms with Crippen LogP contribution in [0.4, 0.5) is 0 Å². The van der Waals surface area contributed by atoms with Gasteiger partial charge in [0.1, 0.15) is 6.04 Å². The Morgan fingerprint density at radius 2 is 2.11 bits per heavy atom. The molecule has 18 heavy (non-hydrogen) atoms.